The molecule has 1 heterocycles. The lowest BCUT2D eigenvalue weighted by Crippen LogP contribution is -2.51. The third kappa shape index (κ3) is 3.69. The van der Waals surface area contributed by atoms with Crippen LogP contribution in [0.3, 0.4) is 0 Å². The van der Waals surface area contributed by atoms with E-state index in [9.17, 15) is 0 Å². The van der Waals surface area contributed by atoms with Crippen molar-refractivity contribution in [3.05, 3.63) is 18.0 Å². The minimum absolute atomic E-state index is 0.357. The molecule has 1 N–H and O–H groups in total. The molecule has 0 spiro atoms. The van der Waals surface area contributed by atoms with Gasteiger partial charge in [-0.3, -0.25) is 0 Å². The van der Waals surface area contributed by atoms with Crippen molar-refractivity contribution in [2.24, 2.45) is 5.41 Å². The fourth-order valence-electron chi connectivity index (χ4n) is 2.96. The maximum Gasteiger partial charge on any atom is 0.188 e. The molecule has 2 unspecified atom stereocenters. The van der Waals surface area contributed by atoms with Crippen LogP contribution >= 0.6 is 11.8 Å². The first-order valence-corrected chi connectivity index (χ1v) is 8.10. The highest BCUT2D eigenvalue weighted by atomic mass is 32.2. The lowest BCUT2D eigenvalue weighted by molar-refractivity contribution is 0.176. The molecule has 106 valence electrons. The lowest BCUT2D eigenvalue weighted by atomic mass is 9.73. The summed E-state index contributed by atoms with van der Waals surface area (Å²) < 4.78 is 0. The van der Waals surface area contributed by atoms with Gasteiger partial charge in [0.05, 0.1) is 0 Å². The maximum atomic E-state index is 4.53. The molecule has 0 amide bonds. The van der Waals surface area contributed by atoms with Crippen molar-refractivity contribution in [2.45, 2.75) is 63.4 Å². The summed E-state index contributed by atoms with van der Waals surface area (Å²) in [5, 5.41) is 5.18. The van der Waals surface area contributed by atoms with Crippen molar-refractivity contribution < 1.29 is 0 Å². The minimum atomic E-state index is 0.357. The summed E-state index contributed by atoms with van der Waals surface area (Å²) in [4.78, 5) is 8.93. The third-order valence-corrected chi connectivity index (χ3v) is 5.20. The Kier molecular flexibility index (Phi) is 4.85. The van der Waals surface area contributed by atoms with Crippen LogP contribution in [-0.2, 0) is 0 Å². The Bertz CT molecular complexity index is 420. The molecule has 0 bridgehead atoms. The van der Waals surface area contributed by atoms with E-state index in [0.29, 0.717) is 16.7 Å². The van der Waals surface area contributed by atoms with E-state index < -0.39 is 0 Å². The molecule has 3 nitrogen and oxygen atoms in total. The Labute approximate surface area is 121 Å². The molecule has 1 aliphatic rings. The van der Waals surface area contributed by atoms with Gasteiger partial charge in [0.2, 0.25) is 0 Å². The molecule has 0 aromatic carbocycles. The molecule has 0 radical (unpaired) electrons. The predicted molar refractivity (Wildman–Crippen MR) is 81.5 cm³/mol. The predicted octanol–water partition coefficient (Wildman–Crippen LogP) is 3.43. The van der Waals surface area contributed by atoms with E-state index >= 15 is 0 Å². The Balaban J connectivity index is 2.12. The van der Waals surface area contributed by atoms with Crippen LogP contribution in [0.15, 0.2) is 17.4 Å². The quantitative estimate of drug-likeness (QED) is 0.857. The zero-order valence-corrected chi connectivity index (χ0v) is 13.3. The standard InChI is InChI=1S/C15H25N3S/c1-5-16-13-12(7-6-9-15(13,3)4)19-14-17-10-8-11(2)18-14/h8,10,12-13,16H,5-7,9H2,1-4H3. The molecule has 1 aromatic heterocycles. The third-order valence-electron chi connectivity index (χ3n) is 3.98. The SMILES string of the molecule is CCNC1C(Sc2nccc(C)n2)CCCC1(C)C. The highest BCUT2D eigenvalue weighted by Gasteiger charge is 2.39. The summed E-state index contributed by atoms with van der Waals surface area (Å²) in [7, 11) is 0. The molecule has 1 aliphatic carbocycles. The summed E-state index contributed by atoms with van der Waals surface area (Å²) in [6, 6.07) is 2.50. The molecule has 19 heavy (non-hydrogen) atoms. The second-order valence-corrected chi connectivity index (χ2v) is 7.26. The van der Waals surface area contributed by atoms with Crippen molar-refractivity contribution in [1.82, 2.24) is 15.3 Å². The smallest absolute Gasteiger partial charge is 0.188 e. The Morgan fingerprint density at radius 1 is 1.47 bits per heavy atom. The molecule has 1 aromatic rings. The Morgan fingerprint density at radius 3 is 2.95 bits per heavy atom. The van der Waals surface area contributed by atoms with Crippen molar-refractivity contribution in [1.29, 1.82) is 0 Å². The maximum absolute atomic E-state index is 4.53. The van der Waals surface area contributed by atoms with E-state index in [-0.39, 0.29) is 0 Å². The van der Waals surface area contributed by atoms with Gasteiger partial charge in [0.25, 0.3) is 0 Å². The fourth-order valence-corrected chi connectivity index (χ4v) is 4.43. The second kappa shape index (κ2) is 6.23. The van der Waals surface area contributed by atoms with E-state index in [0.717, 1.165) is 17.4 Å². The number of nitrogens with zero attached hydrogens (tertiary/aromatic N) is 2. The summed E-state index contributed by atoms with van der Waals surface area (Å²) in [5.41, 5.74) is 1.41. The van der Waals surface area contributed by atoms with Gasteiger partial charge in [0.15, 0.2) is 5.16 Å². The summed E-state index contributed by atoms with van der Waals surface area (Å²) in [5.74, 6) is 0. The number of thioether (sulfide) groups is 1. The van der Waals surface area contributed by atoms with Crippen molar-refractivity contribution >= 4 is 11.8 Å². The van der Waals surface area contributed by atoms with E-state index in [1.54, 1.807) is 0 Å². The summed E-state index contributed by atoms with van der Waals surface area (Å²) in [6.45, 7) is 10.0. The van der Waals surface area contributed by atoms with Gasteiger partial charge in [-0.25, -0.2) is 9.97 Å². The molecule has 1 fully saturated rings. The van der Waals surface area contributed by atoms with Gasteiger partial charge in [-0.05, 0) is 37.8 Å². The van der Waals surface area contributed by atoms with E-state index in [2.05, 4.69) is 36.1 Å². The molecular weight excluding hydrogens is 254 g/mol. The average Bonchev–Trinajstić information content (AvgIpc) is 2.33. The van der Waals surface area contributed by atoms with Crippen molar-refractivity contribution in [2.75, 3.05) is 6.54 Å². The Morgan fingerprint density at radius 2 is 2.26 bits per heavy atom. The topological polar surface area (TPSA) is 37.8 Å². The molecule has 4 heteroatoms. The van der Waals surface area contributed by atoms with E-state index in [1.165, 1.54) is 19.3 Å². The monoisotopic (exact) mass is 279 g/mol. The number of hydrogen-bond acceptors (Lipinski definition) is 4. The minimum Gasteiger partial charge on any atom is -0.313 e. The first kappa shape index (κ1) is 14.8. The first-order valence-electron chi connectivity index (χ1n) is 7.22. The summed E-state index contributed by atoms with van der Waals surface area (Å²) >= 11 is 1.84. The number of nitrogens with one attached hydrogen (secondary N) is 1. The Hall–Kier alpha value is -0.610. The molecule has 0 saturated heterocycles. The number of rotatable bonds is 4. The number of hydrogen-bond donors (Lipinski definition) is 1. The van der Waals surface area contributed by atoms with Crippen LogP contribution in [0.5, 0.6) is 0 Å². The van der Waals surface area contributed by atoms with Crippen LogP contribution in [0.25, 0.3) is 0 Å². The average molecular weight is 279 g/mol. The largest absolute Gasteiger partial charge is 0.313 e. The molecule has 2 atom stereocenters. The van der Waals surface area contributed by atoms with Crippen LogP contribution in [0.1, 0.15) is 45.7 Å². The molecule has 2 rings (SSSR count). The zero-order valence-electron chi connectivity index (χ0n) is 12.4. The molecule has 1 saturated carbocycles. The lowest BCUT2D eigenvalue weighted by Gasteiger charge is -2.44. The van der Waals surface area contributed by atoms with Gasteiger partial charge in [0.1, 0.15) is 0 Å². The highest BCUT2D eigenvalue weighted by molar-refractivity contribution is 7.99. The molecular formula is C15H25N3S. The summed E-state index contributed by atoms with van der Waals surface area (Å²) in [6.07, 6.45) is 5.72. The van der Waals surface area contributed by atoms with Crippen LogP contribution in [0.2, 0.25) is 0 Å². The molecule has 0 aliphatic heterocycles. The highest BCUT2D eigenvalue weighted by Crippen LogP contribution is 2.42. The van der Waals surface area contributed by atoms with E-state index in [4.69, 9.17) is 0 Å². The van der Waals surface area contributed by atoms with Gasteiger partial charge in [-0.15, -0.1) is 0 Å². The van der Waals surface area contributed by atoms with Gasteiger partial charge in [0, 0.05) is 23.2 Å². The fraction of sp³-hybridized carbons (Fsp3) is 0.733. The van der Waals surface area contributed by atoms with Gasteiger partial charge in [-0.1, -0.05) is 39.0 Å². The first-order chi connectivity index (χ1) is 9.03. The van der Waals surface area contributed by atoms with Gasteiger partial charge >= 0.3 is 0 Å². The van der Waals surface area contributed by atoms with Crippen LogP contribution in [0, 0.1) is 12.3 Å². The zero-order chi connectivity index (χ0) is 13.9. The van der Waals surface area contributed by atoms with Crippen LogP contribution in [0.4, 0.5) is 0 Å². The van der Waals surface area contributed by atoms with Crippen molar-refractivity contribution in [3.8, 4) is 0 Å². The van der Waals surface area contributed by atoms with Crippen LogP contribution in [-0.4, -0.2) is 27.8 Å². The van der Waals surface area contributed by atoms with E-state index in [1.807, 2.05) is 30.9 Å². The van der Waals surface area contributed by atoms with Gasteiger partial charge in [-0.2, -0.15) is 0 Å². The number of aryl methyl sites for hydroxylation is 1. The van der Waals surface area contributed by atoms with Gasteiger partial charge < -0.3 is 5.32 Å². The second-order valence-electron chi connectivity index (χ2n) is 6.05. The van der Waals surface area contributed by atoms with Crippen LogP contribution < -0.4 is 5.32 Å². The van der Waals surface area contributed by atoms with Crippen molar-refractivity contribution in [3.63, 3.8) is 0 Å². The number of aromatic nitrogens is 2. The normalized spacial score (nSPS) is 26.3.